The predicted molar refractivity (Wildman–Crippen MR) is 58.7 cm³/mol. The molecule has 0 aromatic heterocycles. The molecule has 0 amide bonds. The van der Waals surface area contributed by atoms with Crippen molar-refractivity contribution in [1.82, 2.24) is 5.32 Å². The molecule has 0 spiro atoms. The van der Waals surface area contributed by atoms with Gasteiger partial charge < -0.3 is 15.5 Å². The highest BCUT2D eigenvalue weighted by Crippen LogP contribution is 2.24. The van der Waals surface area contributed by atoms with Gasteiger partial charge in [-0.1, -0.05) is 18.6 Å². The zero-order valence-corrected chi connectivity index (χ0v) is 8.69. The van der Waals surface area contributed by atoms with Crippen LogP contribution in [0, 0.1) is 0 Å². The zero-order chi connectivity index (χ0) is 10.7. The minimum Gasteiger partial charge on any atom is -0.508 e. The third kappa shape index (κ3) is 2.49. The second kappa shape index (κ2) is 4.64. The highest BCUT2D eigenvalue weighted by Gasteiger charge is 2.22. The van der Waals surface area contributed by atoms with Crippen LogP contribution < -0.4 is 5.32 Å². The maximum atomic E-state index is 10.1. The summed E-state index contributed by atoms with van der Waals surface area (Å²) >= 11 is 0. The predicted octanol–water partition coefficient (Wildman–Crippen LogP) is 1.57. The molecular weight excluding hydrogens is 190 g/mol. The first-order valence-electron chi connectivity index (χ1n) is 5.48. The molecule has 0 radical (unpaired) electrons. The maximum absolute atomic E-state index is 10.1. The highest BCUT2D eigenvalue weighted by atomic mass is 16.3. The molecule has 2 atom stereocenters. The Morgan fingerprint density at radius 1 is 1.20 bits per heavy atom. The lowest BCUT2D eigenvalue weighted by atomic mass is 9.95. The smallest absolute Gasteiger partial charge is 0.115 e. The van der Waals surface area contributed by atoms with Gasteiger partial charge in [0.1, 0.15) is 5.75 Å². The van der Waals surface area contributed by atoms with Gasteiger partial charge in [0, 0.05) is 6.04 Å². The largest absolute Gasteiger partial charge is 0.508 e. The van der Waals surface area contributed by atoms with Crippen LogP contribution in [0.2, 0.25) is 0 Å². The Hall–Kier alpha value is -1.06. The molecule has 0 saturated carbocycles. The lowest BCUT2D eigenvalue weighted by molar-refractivity contribution is 0.114. The van der Waals surface area contributed by atoms with Crippen LogP contribution in [0.3, 0.4) is 0 Å². The monoisotopic (exact) mass is 207 g/mol. The number of phenols is 1. The molecular formula is C12H17NO2. The molecule has 0 aliphatic carbocycles. The molecule has 82 valence electrons. The van der Waals surface area contributed by atoms with Crippen molar-refractivity contribution in [2.45, 2.75) is 31.4 Å². The quantitative estimate of drug-likeness (QED) is 0.690. The van der Waals surface area contributed by atoms with Gasteiger partial charge in [0.05, 0.1) is 6.10 Å². The molecule has 3 N–H and O–H groups in total. The van der Waals surface area contributed by atoms with Gasteiger partial charge in [-0.05, 0) is 37.1 Å². The first-order chi connectivity index (χ1) is 7.27. The average Bonchev–Trinajstić information content (AvgIpc) is 2.30. The van der Waals surface area contributed by atoms with Gasteiger partial charge in [0.25, 0.3) is 0 Å². The van der Waals surface area contributed by atoms with Crippen molar-refractivity contribution in [1.29, 1.82) is 0 Å². The summed E-state index contributed by atoms with van der Waals surface area (Å²) in [6.07, 6.45) is 2.92. The van der Waals surface area contributed by atoms with E-state index in [9.17, 15) is 5.11 Å². The van der Waals surface area contributed by atoms with Crippen LogP contribution in [0.1, 0.15) is 30.9 Å². The van der Waals surface area contributed by atoms with Crippen LogP contribution in [0.25, 0.3) is 0 Å². The number of hydrogen-bond acceptors (Lipinski definition) is 3. The minimum absolute atomic E-state index is 0.156. The second-order valence-corrected chi connectivity index (χ2v) is 4.09. The Bertz CT molecular complexity index is 304. The number of aromatic hydroxyl groups is 1. The molecule has 1 aromatic carbocycles. The Morgan fingerprint density at radius 2 is 1.93 bits per heavy atom. The normalized spacial score (nSPS) is 23.7. The van der Waals surface area contributed by atoms with Gasteiger partial charge in [-0.3, -0.25) is 0 Å². The van der Waals surface area contributed by atoms with E-state index in [-0.39, 0.29) is 11.8 Å². The van der Waals surface area contributed by atoms with Crippen LogP contribution in [0.5, 0.6) is 5.75 Å². The van der Waals surface area contributed by atoms with Crippen molar-refractivity contribution in [3.8, 4) is 5.75 Å². The van der Waals surface area contributed by atoms with Crippen LogP contribution in [-0.4, -0.2) is 22.8 Å². The van der Waals surface area contributed by atoms with Gasteiger partial charge in [-0.2, -0.15) is 0 Å². The summed E-state index contributed by atoms with van der Waals surface area (Å²) in [7, 11) is 0. The van der Waals surface area contributed by atoms with Crippen LogP contribution in [0.15, 0.2) is 24.3 Å². The van der Waals surface area contributed by atoms with Crippen LogP contribution in [0.4, 0.5) is 0 Å². The molecule has 1 aromatic rings. The first-order valence-corrected chi connectivity index (χ1v) is 5.48. The molecule has 1 saturated heterocycles. The first kappa shape index (κ1) is 10.5. The number of rotatable bonds is 2. The summed E-state index contributed by atoms with van der Waals surface area (Å²) in [6.45, 7) is 0.986. The minimum atomic E-state index is -0.467. The van der Waals surface area contributed by atoms with E-state index in [1.54, 1.807) is 24.3 Å². The van der Waals surface area contributed by atoms with E-state index in [1.165, 1.54) is 12.8 Å². The topological polar surface area (TPSA) is 52.5 Å². The van der Waals surface area contributed by atoms with E-state index in [2.05, 4.69) is 5.32 Å². The number of piperidine rings is 1. The molecule has 15 heavy (non-hydrogen) atoms. The number of aliphatic hydroxyl groups excluding tert-OH is 1. The molecule has 3 nitrogen and oxygen atoms in total. The van der Waals surface area contributed by atoms with Crippen molar-refractivity contribution in [3.05, 3.63) is 29.8 Å². The summed E-state index contributed by atoms with van der Waals surface area (Å²) in [5, 5.41) is 22.6. The highest BCUT2D eigenvalue weighted by molar-refractivity contribution is 5.28. The SMILES string of the molecule is Oc1ccc(C(O)C2CCCCN2)cc1. The van der Waals surface area contributed by atoms with Crippen molar-refractivity contribution < 1.29 is 10.2 Å². The number of nitrogens with one attached hydrogen (secondary N) is 1. The van der Waals surface area contributed by atoms with Crippen LogP contribution >= 0.6 is 0 Å². The van der Waals surface area contributed by atoms with Crippen molar-refractivity contribution in [3.63, 3.8) is 0 Å². The summed E-state index contributed by atoms with van der Waals surface area (Å²) < 4.78 is 0. The van der Waals surface area contributed by atoms with E-state index in [1.807, 2.05) is 0 Å². The van der Waals surface area contributed by atoms with Gasteiger partial charge >= 0.3 is 0 Å². The summed E-state index contributed by atoms with van der Waals surface area (Å²) in [6, 6.07) is 6.93. The summed E-state index contributed by atoms with van der Waals surface area (Å²) in [4.78, 5) is 0. The van der Waals surface area contributed by atoms with Gasteiger partial charge in [0.15, 0.2) is 0 Å². The third-order valence-corrected chi connectivity index (χ3v) is 2.96. The number of phenolic OH excluding ortho intramolecular Hbond substituents is 1. The van der Waals surface area contributed by atoms with E-state index in [4.69, 9.17) is 5.11 Å². The summed E-state index contributed by atoms with van der Waals surface area (Å²) in [5.74, 6) is 0.238. The number of benzene rings is 1. The van der Waals surface area contributed by atoms with E-state index in [0.29, 0.717) is 0 Å². The van der Waals surface area contributed by atoms with Crippen molar-refractivity contribution in [2.24, 2.45) is 0 Å². The third-order valence-electron chi connectivity index (χ3n) is 2.96. The molecule has 1 aliphatic heterocycles. The molecule has 0 bridgehead atoms. The Kier molecular flexibility index (Phi) is 3.23. The molecule has 3 heteroatoms. The molecule has 1 heterocycles. The van der Waals surface area contributed by atoms with Crippen LogP contribution in [-0.2, 0) is 0 Å². The van der Waals surface area contributed by atoms with Crippen molar-refractivity contribution in [2.75, 3.05) is 6.54 Å². The van der Waals surface area contributed by atoms with Gasteiger partial charge in [-0.15, -0.1) is 0 Å². The fourth-order valence-corrected chi connectivity index (χ4v) is 2.05. The molecule has 2 rings (SSSR count). The van der Waals surface area contributed by atoms with E-state index < -0.39 is 6.10 Å². The number of hydrogen-bond donors (Lipinski definition) is 3. The maximum Gasteiger partial charge on any atom is 0.115 e. The second-order valence-electron chi connectivity index (χ2n) is 4.09. The standard InChI is InChI=1S/C12H17NO2/c14-10-6-4-9(5-7-10)12(15)11-3-1-2-8-13-11/h4-7,11-15H,1-3,8H2. The zero-order valence-electron chi connectivity index (χ0n) is 8.69. The average molecular weight is 207 g/mol. The van der Waals surface area contributed by atoms with E-state index in [0.717, 1.165) is 18.5 Å². The molecule has 2 unspecified atom stereocenters. The molecule has 1 aliphatic rings. The fraction of sp³-hybridized carbons (Fsp3) is 0.500. The lowest BCUT2D eigenvalue weighted by Gasteiger charge is -2.28. The van der Waals surface area contributed by atoms with Gasteiger partial charge in [0.2, 0.25) is 0 Å². The Balaban J connectivity index is 2.05. The van der Waals surface area contributed by atoms with E-state index >= 15 is 0 Å². The number of aliphatic hydroxyl groups is 1. The fourth-order valence-electron chi connectivity index (χ4n) is 2.05. The van der Waals surface area contributed by atoms with Crippen molar-refractivity contribution >= 4 is 0 Å². The molecule has 1 fully saturated rings. The summed E-state index contributed by atoms with van der Waals surface area (Å²) in [5.41, 5.74) is 0.868. The Labute approximate surface area is 89.8 Å². The Morgan fingerprint density at radius 3 is 2.53 bits per heavy atom. The lowest BCUT2D eigenvalue weighted by Crippen LogP contribution is -2.38. The van der Waals surface area contributed by atoms with Gasteiger partial charge in [-0.25, -0.2) is 0 Å².